The molecule has 0 saturated heterocycles. The summed E-state index contributed by atoms with van der Waals surface area (Å²) in [5.74, 6) is 6.02. The molecule has 0 N–H and O–H groups in total. The first kappa shape index (κ1) is 13.1. The lowest BCUT2D eigenvalue weighted by Gasteiger charge is -2.19. The highest BCUT2D eigenvalue weighted by molar-refractivity contribution is 5.72. The number of carbonyl (C=O) groups excluding carboxylic acids is 1. The molecule has 1 fully saturated rings. The van der Waals surface area contributed by atoms with Crippen molar-refractivity contribution in [3.63, 3.8) is 0 Å². The number of hydrogen-bond donors (Lipinski definition) is 0. The van der Waals surface area contributed by atoms with Crippen LogP contribution in [-0.4, -0.2) is 12.6 Å². The first-order valence-electron chi connectivity index (χ1n) is 6.47. The molecule has 1 aliphatic rings. The van der Waals surface area contributed by atoms with Gasteiger partial charge in [0.2, 0.25) is 0 Å². The summed E-state index contributed by atoms with van der Waals surface area (Å²) < 4.78 is 5.15. The van der Waals surface area contributed by atoms with Gasteiger partial charge in [-0.2, -0.15) is 0 Å². The molecule has 1 saturated carbocycles. The topological polar surface area (TPSA) is 26.3 Å². The molecule has 0 atom stereocenters. The maximum absolute atomic E-state index is 11.6. The summed E-state index contributed by atoms with van der Waals surface area (Å²) in [6.45, 7) is 2.42. The van der Waals surface area contributed by atoms with E-state index in [-0.39, 0.29) is 18.5 Å². The second kappa shape index (κ2) is 8.21. The number of hydrogen-bond acceptors (Lipinski definition) is 2. The van der Waals surface area contributed by atoms with E-state index in [1.165, 1.54) is 19.3 Å². The third-order valence-electron chi connectivity index (χ3n) is 3.01. The summed E-state index contributed by atoms with van der Waals surface area (Å²) in [5.41, 5.74) is 0. The Hall–Kier alpha value is -0.970. The number of ether oxygens (including phenoxy) is 1. The van der Waals surface area contributed by atoms with Crippen LogP contribution < -0.4 is 0 Å². The van der Waals surface area contributed by atoms with Crippen LogP contribution in [0.15, 0.2) is 0 Å². The minimum absolute atomic E-state index is 0.0375. The normalized spacial score (nSPS) is 16.3. The first-order chi connectivity index (χ1) is 7.84. The summed E-state index contributed by atoms with van der Waals surface area (Å²) in [5, 5.41) is 0. The quantitative estimate of drug-likeness (QED) is 0.414. The molecule has 0 aromatic rings. The highest BCUT2D eigenvalue weighted by atomic mass is 16.5. The Morgan fingerprint density at radius 1 is 1.25 bits per heavy atom. The number of rotatable bonds is 4. The van der Waals surface area contributed by atoms with Crippen molar-refractivity contribution < 1.29 is 9.53 Å². The summed E-state index contributed by atoms with van der Waals surface area (Å²) in [6, 6.07) is 0. The molecule has 0 heterocycles. The number of esters is 1. The third kappa shape index (κ3) is 5.21. The van der Waals surface area contributed by atoms with E-state index in [1.807, 2.05) is 0 Å². The van der Waals surface area contributed by atoms with E-state index < -0.39 is 0 Å². The van der Waals surface area contributed by atoms with E-state index >= 15 is 0 Å². The maximum Gasteiger partial charge on any atom is 0.309 e. The van der Waals surface area contributed by atoms with Crippen molar-refractivity contribution in [1.29, 1.82) is 0 Å². The minimum Gasteiger partial charge on any atom is -0.452 e. The molecular formula is C14H22O2. The van der Waals surface area contributed by atoms with Crippen LogP contribution in [0.5, 0.6) is 0 Å². The van der Waals surface area contributed by atoms with Crippen LogP contribution >= 0.6 is 0 Å². The highest BCUT2D eigenvalue weighted by Crippen LogP contribution is 2.24. The molecule has 1 rings (SSSR count). The molecule has 0 aliphatic heterocycles. The van der Waals surface area contributed by atoms with Crippen molar-refractivity contribution in [1.82, 2.24) is 0 Å². The van der Waals surface area contributed by atoms with E-state index in [9.17, 15) is 4.79 Å². The average molecular weight is 222 g/mol. The van der Waals surface area contributed by atoms with Crippen molar-refractivity contribution in [3.05, 3.63) is 0 Å². The third-order valence-corrected chi connectivity index (χ3v) is 3.01. The molecule has 2 nitrogen and oxygen atoms in total. The van der Waals surface area contributed by atoms with Crippen molar-refractivity contribution in [3.8, 4) is 11.8 Å². The standard InChI is InChI=1S/C14H22O2/c1-2-3-4-5-9-12-16-14(15)13-10-7-6-8-11-13/h13H,2-4,6-8,10-12H2,1H3. The Labute approximate surface area is 98.8 Å². The molecule has 0 radical (unpaired) electrons. The summed E-state index contributed by atoms with van der Waals surface area (Å²) in [7, 11) is 0. The van der Waals surface area contributed by atoms with E-state index in [0.29, 0.717) is 0 Å². The van der Waals surface area contributed by atoms with E-state index in [4.69, 9.17) is 4.74 Å². The molecule has 90 valence electrons. The lowest BCUT2D eigenvalue weighted by Crippen LogP contribution is -2.20. The van der Waals surface area contributed by atoms with Gasteiger partial charge in [-0.1, -0.05) is 44.4 Å². The number of unbranched alkanes of at least 4 members (excludes halogenated alkanes) is 2. The van der Waals surface area contributed by atoms with Gasteiger partial charge in [0.05, 0.1) is 5.92 Å². The Morgan fingerprint density at radius 3 is 2.69 bits per heavy atom. The second-order valence-corrected chi connectivity index (χ2v) is 4.40. The zero-order valence-corrected chi connectivity index (χ0v) is 10.3. The Morgan fingerprint density at radius 2 is 2.00 bits per heavy atom. The first-order valence-corrected chi connectivity index (χ1v) is 6.47. The van der Waals surface area contributed by atoms with E-state index in [2.05, 4.69) is 18.8 Å². The van der Waals surface area contributed by atoms with Crippen LogP contribution in [-0.2, 0) is 9.53 Å². The molecule has 0 spiro atoms. The average Bonchev–Trinajstić information content (AvgIpc) is 2.34. The lowest BCUT2D eigenvalue weighted by molar-refractivity contribution is -0.148. The van der Waals surface area contributed by atoms with Gasteiger partial charge in [0, 0.05) is 6.42 Å². The molecule has 2 heteroatoms. The fourth-order valence-corrected chi connectivity index (χ4v) is 1.97. The van der Waals surface area contributed by atoms with Gasteiger partial charge in [-0.3, -0.25) is 4.79 Å². The van der Waals surface area contributed by atoms with Crippen molar-refractivity contribution in [2.45, 2.75) is 58.3 Å². The molecule has 0 aromatic heterocycles. The van der Waals surface area contributed by atoms with Gasteiger partial charge in [0.1, 0.15) is 0 Å². The number of carbonyl (C=O) groups is 1. The molecule has 0 bridgehead atoms. The summed E-state index contributed by atoms with van der Waals surface area (Å²) >= 11 is 0. The van der Waals surface area contributed by atoms with Crippen molar-refractivity contribution >= 4 is 5.97 Å². The monoisotopic (exact) mass is 222 g/mol. The van der Waals surface area contributed by atoms with Crippen LogP contribution in [0.4, 0.5) is 0 Å². The zero-order valence-electron chi connectivity index (χ0n) is 10.3. The molecule has 16 heavy (non-hydrogen) atoms. The van der Waals surface area contributed by atoms with Crippen LogP contribution in [0.1, 0.15) is 58.3 Å². The smallest absolute Gasteiger partial charge is 0.309 e. The molecule has 1 aliphatic carbocycles. The van der Waals surface area contributed by atoms with E-state index in [0.717, 1.165) is 32.1 Å². The van der Waals surface area contributed by atoms with Gasteiger partial charge in [-0.05, 0) is 19.3 Å². The van der Waals surface area contributed by atoms with Gasteiger partial charge < -0.3 is 4.74 Å². The maximum atomic E-state index is 11.6. The highest BCUT2D eigenvalue weighted by Gasteiger charge is 2.21. The predicted molar refractivity (Wildman–Crippen MR) is 64.8 cm³/mol. The van der Waals surface area contributed by atoms with Crippen LogP contribution in [0.25, 0.3) is 0 Å². The van der Waals surface area contributed by atoms with Gasteiger partial charge in [-0.15, -0.1) is 0 Å². The Bertz CT molecular complexity index is 254. The summed E-state index contributed by atoms with van der Waals surface area (Å²) in [6.07, 6.45) is 8.81. The largest absolute Gasteiger partial charge is 0.452 e. The summed E-state index contributed by atoms with van der Waals surface area (Å²) in [4.78, 5) is 11.6. The van der Waals surface area contributed by atoms with Gasteiger partial charge >= 0.3 is 5.97 Å². The van der Waals surface area contributed by atoms with Crippen LogP contribution in [0.2, 0.25) is 0 Å². The fraction of sp³-hybridized carbons (Fsp3) is 0.786. The SMILES string of the molecule is CCCCC#CCOC(=O)C1CCCCC1. The van der Waals surface area contributed by atoms with Gasteiger partial charge in [0.25, 0.3) is 0 Å². The van der Waals surface area contributed by atoms with Gasteiger partial charge in [-0.25, -0.2) is 0 Å². The fourth-order valence-electron chi connectivity index (χ4n) is 1.97. The minimum atomic E-state index is -0.0375. The van der Waals surface area contributed by atoms with Crippen molar-refractivity contribution in [2.24, 2.45) is 5.92 Å². The van der Waals surface area contributed by atoms with E-state index in [1.54, 1.807) is 0 Å². The Kier molecular flexibility index (Phi) is 6.72. The molecular weight excluding hydrogens is 200 g/mol. The van der Waals surface area contributed by atoms with Crippen molar-refractivity contribution in [2.75, 3.05) is 6.61 Å². The van der Waals surface area contributed by atoms with Gasteiger partial charge in [0.15, 0.2) is 6.61 Å². The second-order valence-electron chi connectivity index (χ2n) is 4.40. The molecule has 0 unspecified atom stereocenters. The van der Waals surface area contributed by atoms with Crippen LogP contribution in [0, 0.1) is 17.8 Å². The zero-order chi connectivity index (χ0) is 11.6. The Balaban J connectivity index is 2.11. The molecule has 0 aromatic carbocycles. The molecule has 0 amide bonds. The lowest BCUT2D eigenvalue weighted by atomic mass is 9.89. The van der Waals surface area contributed by atoms with Crippen LogP contribution in [0.3, 0.4) is 0 Å². The predicted octanol–water partition coefficient (Wildman–Crippen LogP) is 3.30.